The molecule has 0 radical (unpaired) electrons. The fourth-order valence-corrected chi connectivity index (χ4v) is 2.14. The third kappa shape index (κ3) is 20.4. The van der Waals surface area contributed by atoms with Gasteiger partial charge in [-0.1, -0.05) is 78.4 Å². The third-order valence-corrected chi connectivity index (χ3v) is 3.65. The Morgan fingerprint density at radius 2 is 1.52 bits per heavy atom. The number of carboxylic acids is 1. The van der Waals surface area contributed by atoms with Gasteiger partial charge in [0.15, 0.2) is 0 Å². The first-order chi connectivity index (χ1) is 12.0. The molecule has 25 heavy (non-hydrogen) atoms. The van der Waals surface area contributed by atoms with Gasteiger partial charge in [0.1, 0.15) is 0 Å². The summed E-state index contributed by atoms with van der Waals surface area (Å²) in [5.41, 5.74) is 0.594. The molecule has 4 nitrogen and oxygen atoms in total. The zero-order valence-electron chi connectivity index (χ0n) is 16.5. The van der Waals surface area contributed by atoms with E-state index in [1.54, 1.807) is 0 Å². The lowest BCUT2D eigenvalue weighted by atomic mass is 10.1. The van der Waals surface area contributed by atoms with Crippen LogP contribution in [0, 0.1) is 0 Å². The zero-order valence-corrected chi connectivity index (χ0v) is 16.5. The molecular formula is C21H38O4. The fourth-order valence-electron chi connectivity index (χ4n) is 2.14. The van der Waals surface area contributed by atoms with E-state index in [1.807, 2.05) is 19.9 Å². The highest BCUT2D eigenvalue weighted by Gasteiger charge is 2.04. The minimum absolute atomic E-state index is 0.330. The Balaban J connectivity index is 0. The zero-order chi connectivity index (χ0) is 19.3. The maximum atomic E-state index is 10.8. The summed E-state index contributed by atoms with van der Waals surface area (Å²) >= 11 is 0. The molecule has 0 aliphatic carbocycles. The molecule has 0 fully saturated rings. The number of hydrogen-bond acceptors (Lipinski definition) is 3. The van der Waals surface area contributed by atoms with E-state index in [2.05, 4.69) is 18.2 Å². The van der Waals surface area contributed by atoms with Gasteiger partial charge in [0, 0.05) is 11.6 Å². The van der Waals surface area contributed by atoms with E-state index in [-0.39, 0.29) is 5.97 Å². The van der Waals surface area contributed by atoms with Crippen LogP contribution in [0.25, 0.3) is 0 Å². The number of hydrogen-bond donors (Lipinski definition) is 1. The monoisotopic (exact) mass is 354 g/mol. The molecule has 0 aliphatic heterocycles. The Kier molecular flexibility index (Phi) is 21.0. The van der Waals surface area contributed by atoms with Gasteiger partial charge in [-0.15, -0.1) is 0 Å². The molecule has 0 saturated carbocycles. The molecule has 0 unspecified atom stereocenters. The van der Waals surface area contributed by atoms with E-state index >= 15 is 0 Å². The van der Waals surface area contributed by atoms with Crippen molar-refractivity contribution in [3.05, 3.63) is 24.3 Å². The fraction of sp³-hybridized carbons (Fsp3) is 0.714. The van der Waals surface area contributed by atoms with Crippen LogP contribution in [0.2, 0.25) is 0 Å². The van der Waals surface area contributed by atoms with Crippen LogP contribution in [0.1, 0.15) is 91.4 Å². The molecule has 0 bridgehead atoms. The summed E-state index contributed by atoms with van der Waals surface area (Å²) in [4.78, 5) is 21.2. The van der Waals surface area contributed by atoms with Crippen molar-refractivity contribution in [2.75, 3.05) is 6.61 Å². The van der Waals surface area contributed by atoms with Crippen molar-refractivity contribution < 1.29 is 19.4 Å². The van der Waals surface area contributed by atoms with Gasteiger partial charge in [-0.3, -0.25) is 0 Å². The van der Waals surface area contributed by atoms with Gasteiger partial charge in [-0.05, 0) is 25.7 Å². The summed E-state index contributed by atoms with van der Waals surface area (Å²) in [6, 6.07) is 0. The minimum atomic E-state index is -0.743. The molecule has 0 amide bonds. The predicted molar refractivity (Wildman–Crippen MR) is 105 cm³/mol. The van der Waals surface area contributed by atoms with Crippen LogP contribution in [0.4, 0.5) is 0 Å². The molecule has 0 aliphatic rings. The van der Waals surface area contributed by atoms with Gasteiger partial charge >= 0.3 is 11.9 Å². The smallest absolute Gasteiger partial charge is 0.331 e. The number of carboxylic acid groups (broad SMARTS) is 1. The normalized spacial score (nSPS) is 10.6. The molecule has 0 aromatic heterocycles. The van der Waals surface area contributed by atoms with E-state index in [0.29, 0.717) is 18.6 Å². The van der Waals surface area contributed by atoms with E-state index in [4.69, 9.17) is 5.11 Å². The van der Waals surface area contributed by atoms with Crippen LogP contribution >= 0.6 is 0 Å². The van der Waals surface area contributed by atoms with Crippen molar-refractivity contribution in [2.24, 2.45) is 0 Å². The molecule has 4 heteroatoms. The van der Waals surface area contributed by atoms with Crippen molar-refractivity contribution in [3.63, 3.8) is 0 Å². The number of unbranched alkanes of at least 4 members (excludes halogenated alkanes) is 7. The van der Waals surface area contributed by atoms with Crippen LogP contribution in [0.5, 0.6) is 0 Å². The maximum absolute atomic E-state index is 10.8. The average Bonchev–Trinajstić information content (AvgIpc) is 2.60. The number of ether oxygens (including phenoxy) is 1. The van der Waals surface area contributed by atoms with Crippen molar-refractivity contribution in [3.8, 4) is 0 Å². The van der Waals surface area contributed by atoms with Crippen LogP contribution in [-0.2, 0) is 14.3 Å². The Bertz CT molecular complexity index is 372. The number of rotatable bonds is 14. The van der Waals surface area contributed by atoms with E-state index in [1.165, 1.54) is 38.2 Å². The first-order valence-corrected chi connectivity index (χ1v) is 9.74. The van der Waals surface area contributed by atoms with Crippen LogP contribution in [0.3, 0.4) is 0 Å². The largest absolute Gasteiger partial charge is 0.478 e. The second-order valence-corrected chi connectivity index (χ2v) is 6.07. The molecule has 0 aromatic rings. The highest BCUT2D eigenvalue weighted by molar-refractivity contribution is 5.86. The number of carbonyl (C=O) groups is 2. The van der Waals surface area contributed by atoms with Gasteiger partial charge in [-0.2, -0.15) is 0 Å². The summed E-state index contributed by atoms with van der Waals surface area (Å²) in [5.74, 6) is -1.07. The van der Waals surface area contributed by atoms with Gasteiger partial charge in [0.05, 0.1) is 6.61 Å². The van der Waals surface area contributed by atoms with Crippen LogP contribution in [0.15, 0.2) is 24.3 Å². The van der Waals surface area contributed by atoms with Crippen molar-refractivity contribution in [2.45, 2.75) is 91.4 Å². The number of aliphatic carboxylic acids is 1. The maximum Gasteiger partial charge on any atom is 0.331 e. The SMILES string of the molecule is C=CC(=O)OCCCC.CCCCCCCCC=C(CCC)C(=O)O. The van der Waals surface area contributed by atoms with E-state index < -0.39 is 5.97 Å². The molecular weight excluding hydrogens is 316 g/mol. The lowest BCUT2D eigenvalue weighted by Crippen LogP contribution is -2.00. The average molecular weight is 355 g/mol. The highest BCUT2D eigenvalue weighted by Crippen LogP contribution is 2.11. The Labute approximate surface area is 154 Å². The Morgan fingerprint density at radius 1 is 0.920 bits per heavy atom. The second kappa shape index (κ2) is 20.5. The third-order valence-electron chi connectivity index (χ3n) is 3.65. The highest BCUT2D eigenvalue weighted by atomic mass is 16.5. The van der Waals surface area contributed by atoms with E-state index in [9.17, 15) is 9.59 Å². The van der Waals surface area contributed by atoms with Crippen LogP contribution < -0.4 is 0 Å². The Hall–Kier alpha value is -1.58. The van der Waals surface area contributed by atoms with E-state index in [0.717, 1.165) is 32.1 Å². The lowest BCUT2D eigenvalue weighted by molar-refractivity contribution is -0.138. The minimum Gasteiger partial charge on any atom is -0.478 e. The van der Waals surface area contributed by atoms with Gasteiger partial charge in [-0.25, -0.2) is 9.59 Å². The summed E-state index contributed by atoms with van der Waals surface area (Å²) in [5, 5.41) is 8.91. The summed E-state index contributed by atoms with van der Waals surface area (Å²) in [7, 11) is 0. The molecule has 0 aromatic carbocycles. The topological polar surface area (TPSA) is 63.6 Å². The van der Waals surface area contributed by atoms with Gasteiger partial charge in [0.2, 0.25) is 0 Å². The molecule has 146 valence electrons. The first kappa shape index (κ1) is 25.7. The van der Waals surface area contributed by atoms with Gasteiger partial charge in [0.25, 0.3) is 0 Å². The first-order valence-electron chi connectivity index (χ1n) is 9.74. The van der Waals surface area contributed by atoms with Crippen LogP contribution in [-0.4, -0.2) is 23.7 Å². The second-order valence-electron chi connectivity index (χ2n) is 6.07. The lowest BCUT2D eigenvalue weighted by Gasteiger charge is -2.01. The van der Waals surface area contributed by atoms with Gasteiger partial charge < -0.3 is 9.84 Å². The van der Waals surface area contributed by atoms with Crippen molar-refractivity contribution >= 4 is 11.9 Å². The summed E-state index contributed by atoms with van der Waals surface area (Å²) in [6.45, 7) is 10.1. The standard InChI is InChI=1S/C14H26O2.C7H12O2/c1-3-5-6-7-8-9-10-12-13(11-4-2)14(15)16;1-3-5-6-9-7(8)4-2/h12H,3-11H2,1-2H3,(H,15,16);4H,2-3,5-6H2,1H3. The molecule has 0 spiro atoms. The molecule has 0 heterocycles. The Morgan fingerprint density at radius 3 is 2.04 bits per heavy atom. The molecule has 0 saturated heterocycles. The molecule has 1 N–H and O–H groups in total. The summed E-state index contributed by atoms with van der Waals surface area (Å²) < 4.78 is 4.67. The predicted octanol–water partition coefficient (Wildman–Crippen LogP) is 6.06. The van der Waals surface area contributed by atoms with Crippen molar-refractivity contribution in [1.82, 2.24) is 0 Å². The quantitative estimate of drug-likeness (QED) is 0.234. The molecule has 0 atom stereocenters. The molecule has 0 rings (SSSR count). The number of esters is 1. The number of carbonyl (C=O) groups excluding carboxylic acids is 1. The van der Waals surface area contributed by atoms with Crippen molar-refractivity contribution in [1.29, 1.82) is 0 Å². The number of allylic oxidation sites excluding steroid dienone is 1. The summed E-state index contributed by atoms with van der Waals surface area (Å²) in [6.07, 6.45) is 15.2.